The number of fused-ring (bicyclic) bond motifs is 1. The third-order valence-electron chi connectivity index (χ3n) is 9.65. The van der Waals surface area contributed by atoms with Gasteiger partial charge in [0.2, 0.25) is 0 Å². The molecule has 0 aromatic carbocycles. The molecule has 4 aliphatic rings. The highest BCUT2D eigenvalue weighted by Crippen LogP contribution is 2.60. The zero-order valence-corrected chi connectivity index (χ0v) is 20.9. The summed E-state index contributed by atoms with van der Waals surface area (Å²) in [5, 5.41) is 20.3. The predicted molar refractivity (Wildman–Crippen MR) is 131 cm³/mol. The second-order valence-corrected chi connectivity index (χ2v) is 12.0. The van der Waals surface area contributed by atoms with Crippen molar-refractivity contribution in [3.63, 3.8) is 0 Å². The zero-order valence-electron chi connectivity index (χ0n) is 20.9. The van der Waals surface area contributed by atoms with Gasteiger partial charge in [-0.25, -0.2) is 4.79 Å². The first kappa shape index (κ1) is 24.5. The van der Waals surface area contributed by atoms with Crippen molar-refractivity contribution in [2.45, 2.75) is 97.4 Å². The van der Waals surface area contributed by atoms with Crippen LogP contribution >= 0.6 is 0 Å². The van der Waals surface area contributed by atoms with E-state index in [4.69, 9.17) is 4.74 Å². The Kier molecular flexibility index (Phi) is 6.56. The Morgan fingerprint density at radius 2 is 1.91 bits per heavy atom. The average molecular weight is 455 g/mol. The highest BCUT2D eigenvalue weighted by atomic mass is 16.6. The van der Waals surface area contributed by atoms with Crippen molar-refractivity contribution in [3.8, 4) is 0 Å². The third kappa shape index (κ3) is 4.30. The summed E-state index contributed by atoms with van der Waals surface area (Å²) in [6.45, 7) is 17.0. The number of aliphatic hydroxyl groups excluding tert-OH is 2. The van der Waals surface area contributed by atoms with E-state index >= 15 is 0 Å². The van der Waals surface area contributed by atoms with Crippen molar-refractivity contribution in [1.29, 1.82) is 0 Å². The summed E-state index contributed by atoms with van der Waals surface area (Å²) in [4.78, 5) is 12.1. The molecule has 1 aliphatic heterocycles. The molecule has 0 radical (unpaired) electrons. The molecule has 4 fully saturated rings. The molecular formula is C29H42O4. The number of carbonyl (C=O) groups is 1. The molecule has 0 unspecified atom stereocenters. The summed E-state index contributed by atoms with van der Waals surface area (Å²) >= 11 is 0. The Morgan fingerprint density at radius 3 is 2.58 bits per heavy atom. The summed E-state index contributed by atoms with van der Waals surface area (Å²) in [5.41, 5.74) is 3.80. The molecular weight excluding hydrogens is 412 g/mol. The Labute approximate surface area is 199 Å². The van der Waals surface area contributed by atoms with Crippen molar-refractivity contribution in [1.82, 2.24) is 0 Å². The van der Waals surface area contributed by atoms with Gasteiger partial charge < -0.3 is 14.9 Å². The molecule has 4 nitrogen and oxygen atoms in total. The summed E-state index contributed by atoms with van der Waals surface area (Å²) in [6, 6.07) is 0. The lowest BCUT2D eigenvalue weighted by Crippen LogP contribution is -2.38. The van der Waals surface area contributed by atoms with E-state index in [0.29, 0.717) is 36.2 Å². The highest BCUT2D eigenvalue weighted by Gasteiger charge is 2.53. The van der Waals surface area contributed by atoms with E-state index in [0.717, 1.165) is 24.0 Å². The van der Waals surface area contributed by atoms with Gasteiger partial charge in [0.1, 0.15) is 6.10 Å². The predicted octanol–water partition coefficient (Wildman–Crippen LogP) is 5.66. The summed E-state index contributed by atoms with van der Waals surface area (Å²) < 4.78 is 5.74. The molecule has 0 aromatic heterocycles. The van der Waals surface area contributed by atoms with Crippen LogP contribution in [-0.2, 0) is 9.53 Å². The molecule has 0 aromatic rings. The second kappa shape index (κ2) is 8.85. The van der Waals surface area contributed by atoms with Crippen LogP contribution in [0.1, 0.15) is 79.1 Å². The standard InChI is InChI=1S/C29H42O4/c1-17(14-26-28(4,5)19(3)27(32)33-26)23-11-12-24-20(8-7-13-29(23,24)6)9-10-21-15-22(30)16-25(31)18(21)2/h9-10,17,22-26,30-31H,2-3,7-8,11-16H2,1,4-6H3/b20-9+,21-10-/t17-,22-,23-,24+,25+,26+,29-/m1/s1. The van der Waals surface area contributed by atoms with E-state index in [1.54, 1.807) is 0 Å². The van der Waals surface area contributed by atoms with Crippen LogP contribution in [0.3, 0.4) is 0 Å². The van der Waals surface area contributed by atoms with Crippen LogP contribution in [-0.4, -0.2) is 34.5 Å². The number of esters is 1. The molecule has 33 heavy (non-hydrogen) atoms. The molecule has 3 saturated carbocycles. The summed E-state index contributed by atoms with van der Waals surface area (Å²) in [7, 11) is 0. The number of carbonyl (C=O) groups excluding carboxylic acids is 1. The van der Waals surface area contributed by atoms with Gasteiger partial charge in [0, 0.05) is 17.4 Å². The van der Waals surface area contributed by atoms with Crippen LogP contribution < -0.4 is 0 Å². The van der Waals surface area contributed by atoms with Gasteiger partial charge in [-0.2, -0.15) is 0 Å². The molecule has 182 valence electrons. The van der Waals surface area contributed by atoms with E-state index < -0.39 is 12.2 Å². The molecule has 4 heteroatoms. The average Bonchev–Trinajstić information content (AvgIpc) is 3.19. The van der Waals surface area contributed by atoms with Gasteiger partial charge >= 0.3 is 5.97 Å². The minimum Gasteiger partial charge on any atom is -0.458 e. The number of cyclic esters (lactones) is 1. The van der Waals surface area contributed by atoms with E-state index in [9.17, 15) is 15.0 Å². The van der Waals surface area contributed by atoms with Gasteiger partial charge in [0.15, 0.2) is 0 Å². The van der Waals surface area contributed by atoms with Gasteiger partial charge in [-0.3, -0.25) is 0 Å². The van der Waals surface area contributed by atoms with Crippen LogP contribution in [0.25, 0.3) is 0 Å². The SMILES string of the molecule is C=C1/C(=C\C=C2/CCC[C@]3(C)[C@@H]([C@H](C)C[C@@H]4OC(=O)C(=C)C4(C)C)CC[C@@H]23)C[C@@H](O)C[C@@H]1O. The van der Waals surface area contributed by atoms with Crippen molar-refractivity contribution >= 4 is 5.97 Å². The van der Waals surface area contributed by atoms with Crippen LogP contribution in [0.15, 0.2) is 47.6 Å². The maximum absolute atomic E-state index is 12.1. The monoisotopic (exact) mass is 454 g/mol. The molecule has 3 aliphatic carbocycles. The fraction of sp³-hybridized carbons (Fsp3) is 0.690. The van der Waals surface area contributed by atoms with E-state index in [-0.39, 0.29) is 22.9 Å². The largest absolute Gasteiger partial charge is 0.458 e. The number of hydrogen-bond acceptors (Lipinski definition) is 4. The number of allylic oxidation sites excluding steroid dienone is 3. The Hall–Kier alpha value is -1.65. The molecule has 4 rings (SSSR count). The Bertz CT molecular complexity index is 893. The van der Waals surface area contributed by atoms with Crippen LogP contribution in [0.2, 0.25) is 0 Å². The first-order valence-corrected chi connectivity index (χ1v) is 12.8. The van der Waals surface area contributed by atoms with Crippen molar-refractivity contribution in [3.05, 3.63) is 47.6 Å². The molecule has 0 bridgehead atoms. The zero-order chi connectivity index (χ0) is 24.1. The maximum atomic E-state index is 12.1. The minimum atomic E-state index is -0.642. The number of hydrogen-bond donors (Lipinski definition) is 2. The fourth-order valence-electron chi connectivity index (χ4n) is 7.33. The van der Waals surface area contributed by atoms with Gasteiger partial charge in [0.05, 0.1) is 12.2 Å². The highest BCUT2D eigenvalue weighted by molar-refractivity contribution is 5.91. The third-order valence-corrected chi connectivity index (χ3v) is 9.65. The van der Waals surface area contributed by atoms with Gasteiger partial charge in [0.25, 0.3) is 0 Å². The summed E-state index contributed by atoms with van der Waals surface area (Å²) in [6.07, 6.45) is 11.0. The quantitative estimate of drug-likeness (QED) is 0.425. The Balaban J connectivity index is 1.50. The normalized spacial score (nSPS) is 42.0. The maximum Gasteiger partial charge on any atom is 0.334 e. The van der Waals surface area contributed by atoms with Crippen molar-refractivity contribution < 1.29 is 19.7 Å². The van der Waals surface area contributed by atoms with Crippen LogP contribution in [0, 0.1) is 28.6 Å². The molecule has 7 atom stereocenters. The van der Waals surface area contributed by atoms with Gasteiger partial charge in [-0.15, -0.1) is 0 Å². The molecule has 1 saturated heterocycles. The van der Waals surface area contributed by atoms with Gasteiger partial charge in [-0.1, -0.05) is 58.6 Å². The minimum absolute atomic E-state index is 0.0892. The van der Waals surface area contributed by atoms with Crippen molar-refractivity contribution in [2.75, 3.05) is 0 Å². The lowest BCUT2D eigenvalue weighted by atomic mass is 9.60. The van der Waals surface area contributed by atoms with E-state index in [1.807, 2.05) is 0 Å². The first-order valence-electron chi connectivity index (χ1n) is 12.8. The smallest absolute Gasteiger partial charge is 0.334 e. The van der Waals surface area contributed by atoms with Crippen LogP contribution in [0.5, 0.6) is 0 Å². The van der Waals surface area contributed by atoms with Gasteiger partial charge in [-0.05, 0) is 79.3 Å². The molecule has 0 amide bonds. The number of aliphatic hydroxyl groups is 2. The van der Waals surface area contributed by atoms with E-state index in [2.05, 4.69) is 53.0 Å². The number of rotatable bonds is 4. The van der Waals surface area contributed by atoms with E-state index in [1.165, 1.54) is 31.3 Å². The molecule has 2 N–H and O–H groups in total. The topological polar surface area (TPSA) is 66.8 Å². The lowest BCUT2D eigenvalue weighted by molar-refractivity contribution is -0.140. The first-order chi connectivity index (χ1) is 15.4. The van der Waals surface area contributed by atoms with Crippen molar-refractivity contribution in [2.24, 2.45) is 28.6 Å². The lowest BCUT2D eigenvalue weighted by Gasteiger charge is -2.45. The molecule has 1 heterocycles. The number of ether oxygens (including phenoxy) is 1. The Morgan fingerprint density at radius 1 is 1.18 bits per heavy atom. The summed E-state index contributed by atoms with van der Waals surface area (Å²) in [5.74, 6) is 1.42. The molecule has 0 spiro atoms. The van der Waals surface area contributed by atoms with Crippen LogP contribution in [0.4, 0.5) is 0 Å². The fourth-order valence-corrected chi connectivity index (χ4v) is 7.33. The second-order valence-electron chi connectivity index (χ2n) is 12.0.